The maximum Gasteiger partial charge on any atom is 0.0722 e. The molecule has 2 aromatic rings. The highest BCUT2D eigenvalue weighted by Crippen LogP contribution is 2.16. The molecule has 0 spiro atoms. The number of hydrogen-bond donors (Lipinski definition) is 1. The monoisotopic (exact) mass is 178 g/mol. The van der Waals surface area contributed by atoms with Crippen molar-refractivity contribution in [2.75, 3.05) is 4.84 Å². The first-order valence-electron chi connectivity index (χ1n) is 3.61. The molecule has 0 aliphatic carbocycles. The Morgan fingerprint density at radius 2 is 2.17 bits per heavy atom. The van der Waals surface area contributed by atoms with Gasteiger partial charge in [0.05, 0.1) is 11.2 Å². The summed E-state index contributed by atoms with van der Waals surface area (Å²) in [6.45, 7) is 0. The lowest BCUT2D eigenvalue weighted by Crippen LogP contribution is -1.81. The van der Waals surface area contributed by atoms with Crippen molar-refractivity contribution in [3.8, 4) is 0 Å². The number of fused-ring (bicyclic) bond motifs is 1. The maximum absolute atomic E-state index is 5.45. The summed E-state index contributed by atoms with van der Waals surface area (Å²) in [4.78, 5) is 6.74. The average molecular weight is 179 g/mol. The second-order valence-electron chi connectivity index (χ2n) is 2.51. The standard InChI is InChI=1S/C9H7ClN2/c10-12-8-4-3-7-2-1-5-11-9(7)6-8/h1-6,12H. The van der Waals surface area contributed by atoms with Gasteiger partial charge >= 0.3 is 0 Å². The topological polar surface area (TPSA) is 24.9 Å². The van der Waals surface area contributed by atoms with E-state index in [0.717, 1.165) is 16.6 Å². The van der Waals surface area contributed by atoms with Crippen LogP contribution in [0.15, 0.2) is 36.5 Å². The highest BCUT2D eigenvalue weighted by atomic mass is 35.5. The molecule has 3 heteroatoms. The molecule has 0 saturated heterocycles. The van der Waals surface area contributed by atoms with E-state index < -0.39 is 0 Å². The predicted molar refractivity (Wildman–Crippen MR) is 51.2 cm³/mol. The molecule has 1 heterocycles. The summed E-state index contributed by atoms with van der Waals surface area (Å²) in [5, 5.41) is 1.12. The van der Waals surface area contributed by atoms with Gasteiger partial charge in [0.2, 0.25) is 0 Å². The molecule has 2 nitrogen and oxygen atoms in total. The van der Waals surface area contributed by atoms with Crippen molar-refractivity contribution >= 4 is 28.4 Å². The molecule has 0 aliphatic rings. The first kappa shape index (κ1) is 7.37. The lowest BCUT2D eigenvalue weighted by atomic mass is 10.2. The van der Waals surface area contributed by atoms with Crippen molar-refractivity contribution in [2.24, 2.45) is 0 Å². The zero-order valence-electron chi connectivity index (χ0n) is 6.29. The van der Waals surface area contributed by atoms with Crippen molar-refractivity contribution in [1.29, 1.82) is 0 Å². The second kappa shape index (κ2) is 2.99. The van der Waals surface area contributed by atoms with Gasteiger partial charge in [-0.15, -0.1) is 0 Å². The van der Waals surface area contributed by atoms with E-state index >= 15 is 0 Å². The molecule has 0 aliphatic heterocycles. The lowest BCUT2D eigenvalue weighted by Gasteiger charge is -1.99. The van der Waals surface area contributed by atoms with Crippen LogP contribution in [0, 0.1) is 0 Å². The van der Waals surface area contributed by atoms with Gasteiger partial charge in [-0.05, 0) is 18.2 Å². The van der Waals surface area contributed by atoms with Crippen molar-refractivity contribution < 1.29 is 0 Å². The maximum atomic E-state index is 5.45. The highest BCUT2D eigenvalue weighted by Gasteiger charge is 1.93. The van der Waals surface area contributed by atoms with Gasteiger partial charge in [0.15, 0.2) is 0 Å². The molecule has 0 fully saturated rings. The van der Waals surface area contributed by atoms with Gasteiger partial charge in [-0.2, -0.15) is 0 Å². The summed E-state index contributed by atoms with van der Waals surface area (Å²) in [7, 11) is 0. The van der Waals surface area contributed by atoms with Crippen LogP contribution < -0.4 is 4.84 Å². The predicted octanol–water partition coefficient (Wildman–Crippen LogP) is 2.80. The van der Waals surface area contributed by atoms with Crippen LogP contribution in [0.3, 0.4) is 0 Å². The first-order valence-corrected chi connectivity index (χ1v) is 3.99. The molecule has 0 bridgehead atoms. The van der Waals surface area contributed by atoms with Crippen LogP contribution in [-0.2, 0) is 0 Å². The van der Waals surface area contributed by atoms with Gasteiger partial charge in [0.1, 0.15) is 0 Å². The molecule has 12 heavy (non-hydrogen) atoms. The normalized spacial score (nSPS) is 10.1. The van der Waals surface area contributed by atoms with E-state index in [0.29, 0.717) is 0 Å². The number of nitrogens with zero attached hydrogens (tertiary/aromatic N) is 1. The SMILES string of the molecule is ClNc1ccc2cccnc2c1. The Kier molecular flexibility index (Phi) is 1.84. The van der Waals surface area contributed by atoms with Crippen LogP contribution in [-0.4, -0.2) is 4.98 Å². The number of benzene rings is 1. The van der Waals surface area contributed by atoms with Gasteiger partial charge in [-0.1, -0.05) is 12.1 Å². The zero-order valence-corrected chi connectivity index (χ0v) is 7.05. The summed E-state index contributed by atoms with van der Waals surface area (Å²) < 4.78 is 0. The molecule has 0 unspecified atom stereocenters. The zero-order chi connectivity index (χ0) is 8.39. The minimum atomic E-state index is 0.864. The van der Waals surface area contributed by atoms with Crippen molar-refractivity contribution in [1.82, 2.24) is 4.98 Å². The smallest absolute Gasteiger partial charge is 0.0722 e. The molecule has 0 amide bonds. The Bertz CT molecular complexity index is 400. The van der Waals surface area contributed by atoms with Gasteiger partial charge in [0, 0.05) is 23.4 Å². The first-order chi connectivity index (χ1) is 5.90. The molecule has 1 N–H and O–H groups in total. The number of anilines is 1. The molecule has 2 rings (SSSR count). The Labute approximate surface area is 75.3 Å². The Morgan fingerprint density at radius 3 is 3.00 bits per heavy atom. The Hall–Kier alpha value is -1.28. The third-order valence-electron chi connectivity index (χ3n) is 1.72. The van der Waals surface area contributed by atoms with E-state index in [-0.39, 0.29) is 0 Å². The molecule has 1 aromatic carbocycles. The highest BCUT2D eigenvalue weighted by molar-refractivity contribution is 6.24. The fourth-order valence-electron chi connectivity index (χ4n) is 1.13. The summed E-state index contributed by atoms with van der Waals surface area (Å²) >= 11 is 5.45. The van der Waals surface area contributed by atoms with E-state index in [9.17, 15) is 0 Å². The molecule has 0 saturated carbocycles. The number of halogens is 1. The summed E-state index contributed by atoms with van der Waals surface area (Å²) in [6, 6.07) is 9.73. The fraction of sp³-hybridized carbons (Fsp3) is 0. The average Bonchev–Trinajstić information content (AvgIpc) is 2.17. The van der Waals surface area contributed by atoms with Crippen molar-refractivity contribution in [2.45, 2.75) is 0 Å². The molecular weight excluding hydrogens is 172 g/mol. The fourth-order valence-corrected chi connectivity index (χ4v) is 1.24. The second-order valence-corrected chi connectivity index (χ2v) is 2.69. The van der Waals surface area contributed by atoms with Crippen LogP contribution in [0.25, 0.3) is 10.9 Å². The summed E-state index contributed by atoms with van der Waals surface area (Å²) in [6.07, 6.45) is 1.76. The number of hydrogen-bond acceptors (Lipinski definition) is 2. The van der Waals surface area contributed by atoms with Gasteiger partial charge in [0.25, 0.3) is 0 Å². The van der Waals surface area contributed by atoms with Gasteiger partial charge < -0.3 is 0 Å². The third kappa shape index (κ3) is 1.21. The van der Waals surface area contributed by atoms with E-state index in [1.807, 2.05) is 30.3 Å². The van der Waals surface area contributed by atoms with E-state index in [1.165, 1.54) is 0 Å². The number of pyridine rings is 1. The quantitative estimate of drug-likeness (QED) is 0.680. The number of rotatable bonds is 1. The minimum Gasteiger partial charge on any atom is -0.298 e. The molecule has 0 atom stereocenters. The number of nitrogens with one attached hydrogen (secondary N) is 1. The van der Waals surface area contributed by atoms with E-state index in [1.54, 1.807) is 6.20 Å². The summed E-state index contributed by atoms with van der Waals surface area (Å²) in [5.41, 5.74) is 1.81. The minimum absolute atomic E-state index is 0.864. The van der Waals surface area contributed by atoms with Crippen molar-refractivity contribution in [3.63, 3.8) is 0 Å². The van der Waals surface area contributed by atoms with Crippen LogP contribution in [0.5, 0.6) is 0 Å². The van der Waals surface area contributed by atoms with Crippen LogP contribution >= 0.6 is 11.8 Å². The molecule has 60 valence electrons. The van der Waals surface area contributed by atoms with E-state index in [2.05, 4.69) is 9.82 Å². The Morgan fingerprint density at radius 1 is 1.25 bits per heavy atom. The lowest BCUT2D eigenvalue weighted by molar-refractivity contribution is 1.41. The summed E-state index contributed by atoms with van der Waals surface area (Å²) in [5.74, 6) is 0. The van der Waals surface area contributed by atoms with Crippen molar-refractivity contribution in [3.05, 3.63) is 36.5 Å². The van der Waals surface area contributed by atoms with Crippen LogP contribution in [0.2, 0.25) is 0 Å². The largest absolute Gasteiger partial charge is 0.298 e. The molecule has 0 radical (unpaired) electrons. The van der Waals surface area contributed by atoms with Gasteiger partial charge in [-0.25, -0.2) is 0 Å². The Balaban J connectivity index is 2.67. The van der Waals surface area contributed by atoms with Crippen LogP contribution in [0.1, 0.15) is 0 Å². The van der Waals surface area contributed by atoms with Gasteiger partial charge in [-0.3, -0.25) is 9.82 Å². The third-order valence-corrected chi connectivity index (χ3v) is 1.93. The molecular formula is C9H7ClN2. The molecule has 1 aromatic heterocycles. The number of aromatic nitrogens is 1. The van der Waals surface area contributed by atoms with E-state index in [4.69, 9.17) is 11.8 Å². The van der Waals surface area contributed by atoms with Crippen LogP contribution in [0.4, 0.5) is 5.69 Å².